The maximum Gasteiger partial charge on any atom is 0.255 e. The van der Waals surface area contributed by atoms with E-state index < -0.39 is 17.5 Å². The van der Waals surface area contributed by atoms with Crippen LogP contribution in [0.1, 0.15) is 10.4 Å². The van der Waals surface area contributed by atoms with Gasteiger partial charge in [-0.1, -0.05) is 23.2 Å². The number of nitrogens with one attached hydrogen (secondary N) is 2. The Morgan fingerprint density at radius 2 is 1.71 bits per heavy atom. The lowest BCUT2D eigenvalue weighted by Gasteiger charge is -2.10. The zero-order valence-electron chi connectivity index (χ0n) is 10.8. The molecule has 0 aromatic heterocycles. The summed E-state index contributed by atoms with van der Waals surface area (Å²) in [5.41, 5.74) is -0.157. The first kappa shape index (κ1) is 15.5. The van der Waals surface area contributed by atoms with E-state index in [0.29, 0.717) is 10.7 Å². The molecule has 0 bridgehead atoms. The molecule has 0 saturated carbocycles. The number of amides is 1. The molecule has 0 fully saturated rings. The fraction of sp³-hybridized carbons (Fsp3) is 0.0714. The Labute approximate surface area is 129 Å². The molecule has 1 amide bonds. The molecule has 110 valence electrons. The minimum Gasteiger partial charge on any atom is -0.383 e. The normalized spacial score (nSPS) is 10.3. The molecule has 0 unspecified atom stereocenters. The fourth-order valence-electron chi connectivity index (χ4n) is 1.73. The average molecular weight is 331 g/mol. The van der Waals surface area contributed by atoms with Gasteiger partial charge in [0.05, 0.1) is 10.7 Å². The number of carbonyl (C=O) groups excluding carboxylic acids is 1. The van der Waals surface area contributed by atoms with Crippen LogP contribution in [-0.4, -0.2) is 13.0 Å². The summed E-state index contributed by atoms with van der Waals surface area (Å²) >= 11 is 11.7. The quantitative estimate of drug-likeness (QED) is 0.865. The highest BCUT2D eigenvalue weighted by molar-refractivity contribution is 6.36. The van der Waals surface area contributed by atoms with Crippen molar-refractivity contribution in [3.05, 3.63) is 57.6 Å². The summed E-state index contributed by atoms with van der Waals surface area (Å²) in [5.74, 6) is -2.39. The van der Waals surface area contributed by atoms with Crippen molar-refractivity contribution in [2.24, 2.45) is 0 Å². The van der Waals surface area contributed by atoms with E-state index in [1.165, 1.54) is 25.2 Å². The average Bonchev–Trinajstić information content (AvgIpc) is 2.41. The lowest BCUT2D eigenvalue weighted by molar-refractivity contribution is 0.102. The summed E-state index contributed by atoms with van der Waals surface area (Å²) < 4.78 is 27.2. The van der Waals surface area contributed by atoms with Crippen LogP contribution >= 0.6 is 23.2 Å². The minimum atomic E-state index is -0.857. The standard InChI is InChI=1S/C14H10Cl2F2N2O/c1-19-13-10(17)4-7(5-11(13)18)14(21)20-12-3-2-8(15)6-9(12)16/h2-6,19H,1H3,(H,20,21). The van der Waals surface area contributed by atoms with Crippen molar-refractivity contribution in [1.82, 2.24) is 0 Å². The van der Waals surface area contributed by atoms with Gasteiger partial charge in [0.15, 0.2) is 0 Å². The van der Waals surface area contributed by atoms with E-state index in [9.17, 15) is 13.6 Å². The largest absolute Gasteiger partial charge is 0.383 e. The molecule has 2 aromatic carbocycles. The molecule has 3 nitrogen and oxygen atoms in total. The van der Waals surface area contributed by atoms with Crippen LogP contribution < -0.4 is 10.6 Å². The van der Waals surface area contributed by atoms with Crippen LogP contribution in [0.4, 0.5) is 20.2 Å². The number of rotatable bonds is 3. The second-order valence-electron chi connectivity index (χ2n) is 4.14. The Kier molecular flexibility index (Phi) is 4.65. The van der Waals surface area contributed by atoms with Crippen molar-refractivity contribution in [3.63, 3.8) is 0 Å². The summed E-state index contributed by atoms with van der Waals surface area (Å²) in [5, 5.41) is 5.48. The molecule has 0 atom stereocenters. The molecule has 0 radical (unpaired) electrons. The van der Waals surface area contributed by atoms with Gasteiger partial charge in [0.25, 0.3) is 5.91 Å². The maximum atomic E-state index is 13.6. The molecule has 0 heterocycles. The smallest absolute Gasteiger partial charge is 0.255 e. The number of carbonyl (C=O) groups is 1. The summed E-state index contributed by atoms with van der Waals surface area (Å²) in [6, 6.07) is 6.36. The zero-order valence-corrected chi connectivity index (χ0v) is 12.3. The van der Waals surface area contributed by atoms with E-state index in [1.54, 1.807) is 0 Å². The molecule has 0 aliphatic carbocycles. The van der Waals surface area contributed by atoms with Crippen molar-refractivity contribution in [3.8, 4) is 0 Å². The maximum absolute atomic E-state index is 13.6. The van der Waals surface area contributed by atoms with E-state index in [2.05, 4.69) is 10.6 Å². The van der Waals surface area contributed by atoms with Gasteiger partial charge in [-0.2, -0.15) is 0 Å². The molecule has 2 aromatic rings. The van der Waals surface area contributed by atoms with Gasteiger partial charge < -0.3 is 10.6 Å². The van der Waals surface area contributed by atoms with E-state index in [1.807, 2.05) is 0 Å². The number of hydrogen-bond donors (Lipinski definition) is 2. The Hall–Kier alpha value is -1.85. The van der Waals surface area contributed by atoms with E-state index in [4.69, 9.17) is 23.2 Å². The van der Waals surface area contributed by atoms with Crippen molar-refractivity contribution < 1.29 is 13.6 Å². The molecule has 0 aliphatic heterocycles. The first-order valence-corrected chi connectivity index (χ1v) is 6.61. The molecule has 7 heteroatoms. The highest BCUT2D eigenvalue weighted by Gasteiger charge is 2.15. The van der Waals surface area contributed by atoms with E-state index >= 15 is 0 Å². The summed E-state index contributed by atoms with van der Waals surface area (Å²) in [4.78, 5) is 12.0. The first-order chi connectivity index (χ1) is 9.92. The Bertz CT molecular complexity index is 684. The third kappa shape index (κ3) is 3.43. The molecular weight excluding hydrogens is 321 g/mol. The van der Waals surface area contributed by atoms with Crippen molar-refractivity contribution in [2.75, 3.05) is 17.7 Å². The zero-order chi connectivity index (χ0) is 15.6. The van der Waals surface area contributed by atoms with Crippen LogP contribution in [0.3, 0.4) is 0 Å². The minimum absolute atomic E-state index is 0.157. The van der Waals surface area contributed by atoms with Crippen LogP contribution in [0.2, 0.25) is 10.0 Å². The molecule has 2 rings (SSSR count). The van der Waals surface area contributed by atoms with Gasteiger partial charge in [-0.05, 0) is 30.3 Å². The van der Waals surface area contributed by atoms with Crippen LogP contribution in [0, 0.1) is 11.6 Å². The van der Waals surface area contributed by atoms with Crippen LogP contribution in [0.25, 0.3) is 0 Å². The molecule has 21 heavy (non-hydrogen) atoms. The third-order valence-electron chi connectivity index (χ3n) is 2.73. The second kappa shape index (κ2) is 6.28. The van der Waals surface area contributed by atoms with Crippen molar-refractivity contribution >= 4 is 40.5 Å². The highest BCUT2D eigenvalue weighted by atomic mass is 35.5. The van der Waals surface area contributed by atoms with Gasteiger partial charge in [0.1, 0.15) is 17.3 Å². The molecule has 0 aliphatic rings. The van der Waals surface area contributed by atoms with Crippen LogP contribution in [0.5, 0.6) is 0 Å². The lowest BCUT2D eigenvalue weighted by atomic mass is 10.1. The number of benzene rings is 2. The number of halogens is 4. The van der Waals surface area contributed by atoms with Crippen LogP contribution in [0.15, 0.2) is 30.3 Å². The topological polar surface area (TPSA) is 41.1 Å². The Morgan fingerprint density at radius 1 is 1.10 bits per heavy atom. The van der Waals surface area contributed by atoms with Gasteiger partial charge in [0, 0.05) is 17.6 Å². The molecular formula is C14H10Cl2F2N2O. The lowest BCUT2D eigenvalue weighted by Crippen LogP contribution is -2.13. The van der Waals surface area contributed by atoms with Crippen molar-refractivity contribution in [1.29, 1.82) is 0 Å². The third-order valence-corrected chi connectivity index (χ3v) is 3.28. The predicted molar refractivity (Wildman–Crippen MR) is 80.3 cm³/mol. The van der Waals surface area contributed by atoms with E-state index in [-0.39, 0.29) is 16.3 Å². The first-order valence-electron chi connectivity index (χ1n) is 5.85. The molecule has 2 N–H and O–H groups in total. The molecule has 0 saturated heterocycles. The van der Waals surface area contributed by atoms with E-state index in [0.717, 1.165) is 12.1 Å². The second-order valence-corrected chi connectivity index (χ2v) is 4.99. The van der Waals surface area contributed by atoms with Crippen molar-refractivity contribution in [2.45, 2.75) is 0 Å². The van der Waals surface area contributed by atoms with Gasteiger partial charge in [-0.25, -0.2) is 8.78 Å². The Balaban J connectivity index is 2.28. The van der Waals surface area contributed by atoms with Gasteiger partial charge in [-0.3, -0.25) is 4.79 Å². The fourth-order valence-corrected chi connectivity index (χ4v) is 2.18. The molecule has 0 spiro atoms. The van der Waals surface area contributed by atoms with Gasteiger partial charge in [0.2, 0.25) is 0 Å². The number of hydrogen-bond acceptors (Lipinski definition) is 2. The Morgan fingerprint density at radius 3 is 2.24 bits per heavy atom. The monoisotopic (exact) mass is 330 g/mol. The van der Waals surface area contributed by atoms with Gasteiger partial charge >= 0.3 is 0 Å². The van der Waals surface area contributed by atoms with Crippen LogP contribution in [-0.2, 0) is 0 Å². The predicted octanol–water partition coefficient (Wildman–Crippen LogP) is 4.57. The van der Waals surface area contributed by atoms with Gasteiger partial charge in [-0.15, -0.1) is 0 Å². The summed E-state index contributed by atoms with van der Waals surface area (Å²) in [6.45, 7) is 0. The highest BCUT2D eigenvalue weighted by Crippen LogP contribution is 2.26. The SMILES string of the molecule is CNc1c(F)cc(C(=O)Nc2ccc(Cl)cc2Cl)cc1F. The summed E-state index contributed by atoms with van der Waals surface area (Å²) in [6.07, 6.45) is 0. The summed E-state index contributed by atoms with van der Waals surface area (Å²) in [7, 11) is 1.38. The number of anilines is 2.